The smallest absolute Gasteiger partial charge is 0.240 e. The molecule has 2 amide bonds. The molecule has 1 fully saturated rings. The Morgan fingerprint density at radius 2 is 1.87 bits per heavy atom. The van der Waals surface area contributed by atoms with Gasteiger partial charge in [-0.15, -0.1) is 0 Å². The molecule has 3 rings (SSSR count). The van der Waals surface area contributed by atoms with E-state index < -0.39 is 5.41 Å². The Bertz CT molecular complexity index is 730. The normalized spacial score (nSPS) is 14.8. The predicted octanol–water partition coefficient (Wildman–Crippen LogP) is 2.77. The first kappa shape index (κ1) is 15.5. The molecule has 1 aliphatic rings. The van der Waals surface area contributed by atoms with E-state index >= 15 is 0 Å². The molecule has 1 aliphatic carbocycles. The summed E-state index contributed by atoms with van der Waals surface area (Å²) in [4.78, 5) is 28.7. The number of nitrogens with one attached hydrogen (secondary N) is 2. The molecule has 23 heavy (non-hydrogen) atoms. The van der Waals surface area contributed by atoms with E-state index in [1.54, 1.807) is 36.7 Å². The molecule has 118 valence electrons. The van der Waals surface area contributed by atoms with Crippen molar-refractivity contribution in [2.45, 2.75) is 19.4 Å². The van der Waals surface area contributed by atoms with Crippen LogP contribution in [0.5, 0.6) is 0 Å². The average molecular weight is 330 g/mol. The lowest BCUT2D eigenvalue weighted by molar-refractivity contribution is -0.134. The molecule has 1 aromatic carbocycles. The highest BCUT2D eigenvalue weighted by molar-refractivity contribution is 6.31. The molecule has 6 heteroatoms. The van der Waals surface area contributed by atoms with Gasteiger partial charge < -0.3 is 10.6 Å². The van der Waals surface area contributed by atoms with Crippen molar-refractivity contribution in [1.29, 1.82) is 0 Å². The second kappa shape index (κ2) is 6.38. The SMILES string of the molecule is O=C(NCc1ccncc1)C1(C(=O)Nc2cccc(Cl)c2)CC1. The van der Waals surface area contributed by atoms with Gasteiger partial charge in [0.2, 0.25) is 11.8 Å². The molecule has 0 atom stereocenters. The number of nitrogens with zero attached hydrogens (tertiary/aromatic N) is 1. The van der Waals surface area contributed by atoms with E-state index in [1.807, 2.05) is 12.1 Å². The summed E-state index contributed by atoms with van der Waals surface area (Å²) < 4.78 is 0. The first-order valence-electron chi connectivity index (χ1n) is 7.34. The van der Waals surface area contributed by atoms with Gasteiger partial charge >= 0.3 is 0 Å². The number of benzene rings is 1. The minimum atomic E-state index is -0.963. The molecule has 0 saturated heterocycles. The van der Waals surface area contributed by atoms with Gasteiger partial charge in [-0.3, -0.25) is 14.6 Å². The Hall–Kier alpha value is -2.40. The van der Waals surface area contributed by atoms with E-state index in [2.05, 4.69) is 15.6 Å². The van der Waals surface area contributed by atoms with Crippen molar-refractivity contribution < 1.29 is 9.59 Å². The summed E-state index contributed by atoms with van der Waals surface area (Å²) in [5, 5.41) is 6.13. The summed E-state index contributed by atoms with van der Waals surface area (Å²) in [5.74, 6) is -0.527. The van der Waals surface area contributed by atoms with Crippen molar-refractivity contribution in [2.24, 2.45) is 5.41 Å². The van der Waals surface area contributed by atoms with E-state index in [0.29, 0.717) is 30.1 Å². The first-order valence-corrected chi connectivity index (χ1v) is 7.72. The fraction of sp³-hybridized carbons (Fsp3) is 0.235. The largest absolute Gasteiger partial charge is 0.351 e. The van der Waals surface area contributed by atoms with Crippen LogP contribution in [0.15, 0.2) is 48.8 Å². The van der Waals surface area contributed by atoms with Crippen LogP contribution in [0.1, 0.15) is 18.4 Å². The maximum Gasteiger partial charge on any atom is 0.240 e. The van der Waals surface area contributed by atoms with E-state index in [4.69, 9.17) is 11.6 Å². The van der Waals surface area contributed by atoms with Crippen molar-refractivity contribution in [3.8, 4) is 0 Å². The minimum Gasteiger partial charge on any atom is -0.351 e. The first-order chi connectivity index (χ1) is 11.1. The molecular weight excluding hydrogens is 314 g/mol. The summed E-state index contributed by atoms with van der Waals surface area (Å²) in [6.45, 7) is 0.382. The lowest BCUT2D eigenvalue weighted by Crippen LogP contribution is -2.39. The maximum absolute atomic E-state index is 12.4. The van der Waals surface area contributed by atoms with Crippen LogP contribution in [-0.2, 0) is 16.1 Å². The summed E-state index contributed by atoms with van der Waals surface area (Å²) in [6, 6.07) is 10.5. The monoisotopic (exact) mass is 329 g/mol. The molecule has 1 saturated carbocycles. The zero-order valence-corrected chi connectivity index (χ0v) is 13.1. The van der Waals surface area contributed by atoms with Gasteiger partial charge in [0.15, 0.2) is 0 Å². The van der Waals surface area contributed by atoms with E-state index in [1.165, 1.54) is 0 Å². The van der Waals surface area contributed by atoms with Crippen LogP contribution >= 0.6 is 11.6 Å². The van der Waals surface area contributed by atoms with E-state index in [0.717, 1.165) is 5.56 Å². The Morgan fingerprint density at radius 3 is 2.52 bits per heavy atom. The zero-order chi connectivity index (χ0) is 16.3. The fourth-order valence-corrected chi connectivity index (χ4v) is 2.54. The molecule has 0 radical (unpaired) electrons. The summed E-state index contributed by atoms with van der Waals surface area (Å²) in [6.07, 6.45) is 4.45. The average Bonchev–Trinajstić information content (AvgIpc) is 3.35. The molecule has 5 nitrogen and oxygen atoms in total. The van der Waals surface area contributed by atoms with Gasteiger partial charge in [-0.05, 0) is 48.7 Å². The molecule has 2 aromatic rings. The van der Waals surface area contributed by atoms with Crippen LogP contribution < -0.4 is 10.6 Å². The number of carbonyl (C=O) groups is 2. The Kier molecular flexibility index (Phi) is 4.30. The van der Waals surface area contributed by atoms with Crippen LogP contribution in [0.4, 0.5) is 5.69 Å². The number of halogens is 1. The van der Waals surface area contributed by atoms with Gasteiger partial charge in [-0.1, -0.05) is 17.7 Å². The second-order valence-electron chi connectivity index (χ2n) is 5.58. The highest BCUT2D eigenvalue weighted by Crippen LogP contribution is 2.47. The van der Waals surface area contributed by atoms with Crippen molar-refractivity contribution in [2.75, 3.05) is 5.32 Å². The van der Waals surface area contributed by atoms with Gasteiger partial charge in [-0.25, -0.2) is 0 Å². The molecule has 0 spiro atoms. The fourth-order valence-electron chi connectivity index (χ4n) is 2.35. The summed E-state index contributed by atoms with van der Waals surface area (Å²) >= 11 is 5.90. The number of aromatic nitrogens is 1. The molecule has 0 aliphatic heterocycles. The topological polar surface area (TPSA) is 71.1 Å². The quantitative estimate of drug-likeness (QED) is 0.829. The van der Waals surface area contributed by atoms with Crippen molar-refractivity contribution in [3.63, 3.8) is 0 Å². The van der Waals surface area contributed by atoms with Crippen molar-refractivity contribution >= 4 is 29.1 Å². The van der Waals surface area contributed by atoms with Crippen molar-refractivity contribution in [1.82, 2.24) is 10.3 Å². The lowest BCUT2D eigenvalue weighted by atomic mass is 10.0. The third-order valence-electron chi connectivity index (χ3n) is 3.90. The Labute approximate surface area is 139 Å². The number of amides is 2. The molecular formula is C17H16ClN3O2. The summed E-state index contributed by atoms with van der Waals surface area (Å²) in [5.41, 5.74) is 0.574. The van der Waals surface area contributed by atoms with Gasteiger partial charge in [0, 0.05) is 29.6 Å². The molecule has 1 aromatic heterocycles. The lowest BCUT2D eigenvalue weighted by Gasteiger charge is -2.15. The summed E-state index contributed by atoms with van der Waals surface area (Å²) in [7, 11) is 0. The van der Waals surface area contributed by atoms with Crippen LogP contribution in [0.3, 0.4) is 0 Å². The van der Waals surface area contributed by atoms with Gasteiger partial charge in [0.1, 0.15) is 5.41 Å². The highest BCUT2D eigenvalue weighted by Gasteiger charge is 2.56. The third kappa shape index (κ3) is 3.51. The number of carbonyl (C=O) groups excluding carboxylic acids is 2. The third-order valence-corrected chi connectivity index (χ3v) is 4.14. The van der Waals surface area contributed by atoms with Gasteiger partial charge in [0.05, 0.1) is 0 Å². The molecule has 0 unspecified atom stereocenters. The van der Waals surface area contributed by atoms with E-state index in [-0.39, 0.29) is 11.8 Å². The minimum absolute atomic E-state index is 0.242. The maximum atomic E-state index is 12.4. The molecule has 0 bridgehead atoms. The molecule has 2 N–H and O–H groups in total. The zero-order valence-electron chi connectivity index (χ0n) is 12.4. The number of rotatable bonds is 5. The Balaban J connectivity index is 1.62. The highest BCUT2D eigenvalue weighted by atomic mass is 35.5. The van der Waals surface area contributed by atoms with Crippen LogP contribution in [0.25, 0.3) is 0 Å². The number of pyridine rings is 1. The van der Waals surface area contributed by atoms with E-state index in [9.17, 15) is 9.59 Å². The Morgan fingerprint density at radius 1 is 1.13 bits per heavy atom. The second-order valence-corrected chi connectivity index (χ2v) is 6.02. The number of hydrogen-bond donors (Lipinski definition) is 2. The predicted molar refractivity (Wildman–Crippen MR) is 87.8 cm³/mol. The van der Waals surface area contributed by atoms with Crippen LogP contribution in [0, 0.1) is 5.41 Å². The van der Waals surface area contributed by atoms with Crippen LogP contribution in [0.2, 0.25) is 5.02 Å². The van der Waals surface area contributed by atoms with Crippen molar-refractivity contribution in [3.05, 3.63) is 59.4 Å². The van der Waals surface area contributed by atoms with Crippen LogP contribution in [-0.4, -0.2) is 16.8 Å². The van der Waals surface area contributed by atoms with Gasteiger partial charge in [0.25, 0.3) is 0 Å². The number of anilines is 1. The number of hydrogen-bond acceptors (Lipinski definition) is 3. The standard InChI is InChI=1S/C17H16ClN3O2/c18-13-2-1-3-14(10-13)21-16(23)17(6-7-17)15(22)20-11-12-4-8-19-9-5-12/h1-5,8-10H,6-7,11H2,(H,20,22)(H,21,23). The molecule has 1 heterocycles. The van der Waals surface area contributed by atoms with Gasteiger partial charge in [-0.2, -0.15) is 0 Å².